The number of rotatable bonds is 7. The molecule has 1 aromatic carbocycles. The van der Waals surface area contributed by atoms with E-state index in [1.54, 1.807) is 6.92 Å². The summed E-state index contributed by atoms with van der Waals surface area (Å²) in [6.45, 7) is 5.58. The first-order chi connectivity index (χ1) is 16.5. The van der Waals surface area contributed by atoms with E-state index < -0.39 is 28.9 Å². The molecule has 0 aromatic heterocycles. The van der Waals surface area contributed by atoms with Gasteiger partial charge < -0.3 is 19.6 Å². The summed E-state index contributed by atoms with van der Waals surface area (Å²) in [5, 5.41) is 21.0. The van der Waals surface area contributed by atoms with E-state index in [2.05, 4.69) is 9.80 Å². The highest BCUT2D eigenvalue weighted by molar-refractivity contribution is 6.06. The molecular formula is C24H30N4O7. The van der Waals surface area contributed by atoms with Gasteiger partial charge in [0.1, 0.15) is 5.70 Å². The maximum atomic E-state index is 13.2. The molecule has 1 N–H and O–H groups in total. The van der Waals surface area contributed by atoms with Gasteiger partial charge in [-0.15, -0.1) is 0 Å². The van der Waals surface area contributed by atoms with E-state index in [0.29, 0.717) is 18.2 Å². The number of carbonyl (C=O) groups is 3. The topological polar surface area (TPSA) is 134 Å². The Hall–Kier alpha value is -3.15. The lowest BCUT2D eigenvalue weighted by Crippen LogP contribution is -2.63. The summed E-state index contributed by atoms with van der Waals surface area (Å²) in [4.78, 5) is 54.7. The van der Waals surface area contributed by atoms with Crippen molar-refractivity contribution in [1.82, 2.24) is 14.7 Å². The fourth-order valence-corrected chi connectivity index (χ4v) is 5.37. The zero-order chi connectivity index (χ0) is 25.6. The number of likely N-dealkylation sites (tertiary alicyclic amines) is 1. The quantitative estimate of drug-likeness (QED) is 0.197. The third-order valence-electron chi connectivity index (χ3n) is 7.38. The number of ether oxygens (including phenoxy) is 1. The van der Waals surface area contributed by atoms with Gasteiger partial charge in [0.2, 0.25) is 5.91 Å². The first kappa shape index (κ1) is 25.0. The lowest BCUT2D eigenvalue weighted by Gasteiger charge is -2.46. The van der Waals surface area contributed by atoms with Gasteiger partial charge in [-0.2, -0.15) is 0 Å². The third-order valence-corrected chi connectivity index (χ3v) is 7.38. The Labute approximate surface area is 203 Å². The fraction of sp³-hybridized carbons (Fsp3) is 0.542. The molecule has 1 amide bonds. The average molecular weight is 487 g/mol. The number of aliphatic hydroxyl groups is 1. The minimum Gasteiger partial charge on any atom is -0.393 e. The predicted octanol–water partition coefficient (Wildman–Crippen LogP) is 1.03. The molecule has 0 spiro atoms. The van der Waals surface area contributed by atoms with Gasteiger partial charge in [-0.25, -0.2) is 9.59 Å². The van der Waals surface area contributed by atoms with Crippen LogP contribution in [0.1, 0.15) is 30.6 Å². The SMILES string of the molecule is C[C@@H](O)C1C(=O)N2C(C(=O)OC(=O)c3ccc([N+](=O)[O-])cc3)=C(CN3CC[C@H](N(C)C)C3)[C@H](C)[C@H]12. The Morgan fingerprint density at radius 3 is 2.46 bits per heavy atom. The van der Waals surface area contributed by atoms with Crippen LogP contribution in [0.3, 0.4) is 0 Å². The molecule has 5 atom stereocenters. The number of benzene rings is 1. The molecule has 4 rings (SSSR count). The molecule has 3 aliphatic heterocycles. The number of likely N-dealkylation sites (N-methyl/N-ethyl adjacent to an activating group) is 1. The van der Waals surface area contributed by atoms with Gasteiger partial charge in [0.15, 0.2) is 0 Å². The number of carbonyl (C=O) groups excluding carboxylic acids is 3. The number of hydrogen-bond donors (Lipinski definition) is 1. The number of amides is 1. The molecular weight excluding hydrogens is 456 g/mol. The molecule has 3 heterocycles. The number of nitrogens with zero attached hydrogens (tertiary/aromatic N) is 4. The standard InChI is InChI=1S/C24H30N4O7/c1-13-18(12-26-10-9-17(11-26)25(3)4)21(27-20(13)19(14(2)29)22(27)30)24(32)35-23(31)15-5-7-16(8-6-15)28(33)34/h5-8,13-14,17,19-20,29H,9-12H2,1-4H3/t13-,14+,17-,19?,20+/m0/s1. The Morgan fingerprint density at radius 2 is 1.91 bits per heavy atom. The summed E-state index contributed by atoms with van der Waals surface area (Å²) >= 11 is 0. The molecule has 1 aromatic rings. The van der Waals surface area contributed by atoms with Gasteiger partial charge in [-0.05, 0) is 45.1 Å². The fourth-order valence-electron chi connectivity index (χ4n) is 5.37. The average Bonchev–Trinajstić information content (AvgIpc) is 3.36. The first-order valence-electron chi connectivity index (χ1n) is 11.6. The molecule has 3 aliphatic rings. The molecule has 188 valence electrons. The van der Waals surface area contributed by atoms with Gasteiger partial charge in [0, 0.05) is 43.7 Å². The Kier molecular flexibility index (Phi) is 6.76. The highest BCUT2D eigenvalue weighted by Crippen LogP contribution is 2.47. The van der Waals surface area contributed by atoms with Crippen molar-refractivity contribution in [3.8, 4) is 0 Å². The van der Waals surface area contributed by atoms with Crippen LogP contribution in [-0.2, 0) is 14.3 Å². The molecule has 11 nitrogen and oxygen atoms in total. The summed E-state index contributed by atoms with van der Waals surface area (Å²) in [6, 6.07) is 4.75. The van der Waals surface area contributed by atoms with Gasteiger partial charge >= 0.3 is 11.9 Å². The highest BCUT2D eigenvalue weighted by Gasteiger charge is 2.60. The van der Waals surface area contributed by atoms with E-state index in [0.717, 1.165) is 31.6 Å². The second-order valence-corrected chi connectivity index (χ2v) is 9.75. The maximum Gasteiger partial charge on any atom is 0.362 e. The van der Waals surface area contributed by atoms with Crippen molar-refractivity contribution in [3.05, 3.63) is 51.2 Å². The highest BCUT2D eigenvalue weighted by atomic mass is 16.6. The number of nitro groups is 1. The Balaban J connectivity index is 1.58. The van der Waals surface area contributed by atoms with Crippen molar-refractivity contribution in [2.75, 3.05) is 33.7 Å². The van der Waals surface area contributed by atoms with E-state index in [1.165, 1.54) is 17.0 Å². The van der Waals surface area contributed by atoms with Crippen LogP contribution in [-0.4, -0.2) is 94.5 Å². The summed E-state index contributed by atoms with van der Waals surface area (Å²) in [6.07, 6.45) is 0.115. The van der Waals surface area contributed by atoms with Gasteiger partial charge in [0.25, 0.3) is 5.69 Å². The second kappa shape index (κ2) is 9.48. The number of esters is 2. The second-order valence-electron chi connectivity index (χ2n) is 9.75. The van der Waals surface area contributed by atoms with Gasteiger partial charge in [-0.3, -0.25) is 19.8 Å². The van der Waals surface area contributed by atoms with Crippen LogP contribution in [0.25, 0.3) is 0 Å². The number of nitro benzene ring substituents is 1. The van der Waals surface area contributed by atoms with E-state index in [-0.39, 0.29) is 34.8 Å². The number of aliphatic hydroxyl groups excluding tert-OH is 1. The van der Waals surface area contributed by atoms with Gasteiger partial charge in [0.05, 0.1) is 28.6 Å². The van der Waals surface area contributed by atoms with Crippen LogP contribution < -0.4 is 0 Å². The minimum atomic E-state index is -0.957. The van der Waals surface area contributed by atoms with Crippen molar-refractivity contribution in [2.45, 2.75) is 38.5 Å². The van der Waals surface area contributed by atoms with Crippen molar-refractivity contribution >= 4 is 23.5 Å². The number of non-ortho nitro benzene ring substituents is 1. The van der Waals surface area contributed by atoms with Crippen molar-refractivity contribution in [3.63, 3.8) is 0 Å². The lowest BCUT2D eigenvalue weighted by molar-refractivity contribution is -0.384. The lowest BCUT2D eigenvalue weighted by atomic mass is 9.77. The van der Waals surface area contributed by atoms with Crippen molar-refractivity contribution < 1.29 is 29.2 Å². The number of fused-ring (bicyclic) bond motifs is 1. The molecule has 11 heteroatoms. The molecule has 2 saturated heterocycles. The minimum absolute atomic E-state index is 0.0149. The normalized spacial score (nSPS) is 27.1. The maximum absolute atomic E-state index is 13.2. The molecule has 0 radical (unpaired) electrons. The van der Waals surface area contributed by atoms with Crippen LogP contribution in [0.15, 0.2) is 35.5 Å². The zero-order valence-corrected chi connectivity index (χ0v) is 20.2. The van der Waals surface area contributed by atoms with E-state index in [4.69, 9.17) is 4.74 Å². The van der Waals surface area contributed by atoms with Crippen LogP contribution in [0.2, 0.25) is 0 Å². The Bertz CT molecular complexity index is 1080. The summed E-state index contributed by atoms with van der Waals surface area (Å²) in [5.74, 6) is -3.07. The molecule has 0 bridgehead atoms. The molecule has 0 aliphatic carbocycles. The summed E-state index contributed by atoms with van der Waals surface area (Å²) < 4.78 is 5.13. The predicted molar refractivity (Wildman–Crippen MR) is 124 cm³/mol. The van der Waals surface area contributed by atoms with Crippen molar-refractivity contribution in [1.29, 1.82) is 0 Å². The first-order valence-corrected chi connectivity index (χ1v) is 11.6. The molecule has 35 heavy (non-hydrogen) atoms. The molecule has 1 unspecified atom stereocenters. The van der Waals surface area contributed by atoms with Crippen LogP contribution >= 0.6 is 0 Å². The van der Waals surface area contributed by atoms with E-state index in [9.17, 15) is 29.6 Å². The van der Waals surface area contributed by atoms with Crippen LogP contribution in [0.5, 0.6) is 0 Å². The summed E-state index contributed by atoms with van der Waals surface area (Å²) in [5.41, 5.74) is 0.571. The van der Waals surface area contributed by atoms with Crippen molar-refractivity contribution in [2.24, 2.45) is 11.8 Å². The Morgan fingerprint density at radius 1 is 1.26 bits per heavy atom. The smallest absolute Gasteiger partial charge is 0.362 e. The van der Waals surface area contributed by atoms with E-state index >= 15 is 0 Å². The van der Waals surface area contributed by atoms with E-state index in [1.807, 2.05) is 21.0 Å². The third kappa shape index (κ3) is 4.46. The van der Waals surface area contributed by atoms with Crippen LogP contribution in [0, 0.1) is 22.0 Å². The summed E-state index contributed by atoms with van der Waals surface area (Å²) in [7, 11) is 4.05. The number of hydrogen-bond acceptors (Lipinski definition) is 9. The largest absolute Gasteiger partial charge is 0.393 e. The monoisotopic (exact) mass is 486 g/mol. The van der Waals surface area contributed by atoms with Crippen LogP contribution in [0.4, 0.5) is 5.69 Å². The molecule has 2 fully saturated rings. The van der Waals surface area contributed by atoms with Gasteiger partial charge in [-0.1, -0.05) is 6.92 Å². The molecule has 0 saturated carbocycles. The zero-order valence-electron chi connectivity index (χ0n) is 20.2. The number of β-lactam (4-membered cyclic amide) rings is 1.